The molecule has 0 aromatic rings. The highest BCUT2D eigenvalue weighted by atomic mass is 14.3. The SMILES string of the molecule is CC1=C(C(C)C)C(C(C)C)=CC(C)C1. The first-order chi connectivity index (χ1) is 6.43. The van der Waals surface area contributed by atoms with Gasteiger partial charge in [0.1, 0.15) is 0 Å². The smallest absolute Gasteiger partial charge is 0.0217 e. The summed E-state index contributed by atoms with van der Waals surface area (Å²) >= 11 is 0. The van der Waals surface area contributed by atoms with Crippen LogP contribution in [0.3, 0.4) is 0 Å². The molecular weight excluding hydrogens is 168 g/mol. The highest BCUT2D eigenvalue weighted by molar-refractivity contribution is 5.40. The van der Waals surface area contributed by atoms with E-state index in [9.17, 15) is 0 Å². The molecule has 0 bridgehead atoms. The summed E-state index contributed by atoms with van der Waals surface area (Å²) in [6, 6.07) is 0. The molecule has 0 amide bonds. The first kappa shape index (κ1) is 11.6. The Labute approximate surface area is 89.1 Å². The van der Waals surface area contributed by atoms with Crippen molar-refractivity contribution >= 4 is 0 Å². The predicted molar refractivity (Wildman–Crippen MR) is 64.2 cm³/mol. The van der Waals surface area contributed by atoms with Crippen LogP contribution in [-0.4, -0.2) is 0 Å². The third-order valence-corrected chi connectivity index (χ3v) is 3.06. The molecule has 80 valence electrons. The zero-order valence-electron chi connectivity index (χ0n) is 10.5. The minimum Gasteiger partial charge on any atom is -0.0776 e. The number of allylic oxidation sites excluding steroid dienone is 4. The Bertz CT molecular complexity index is 264. The Morgan fingerprint density at radius 1 is 1.14 bits per heavy atom. The van der Waals surface area contributed by atoms with Crippen LogP contribution < -0.4 is 0 Å². The molecule has 1 aliphatic rings. The average Bonchev–Trinajstić information content (AvgIpc) is 2.01. The first-order valence-electron chi connectivity index (χ1n) is 5.85. The zero-order chi connectivity index (χ0) is 10.9. The van der Waals surface area contributed by atoms with Crippen LogP contribution in [0.15, 0.2) is 22.8 Å². The Morgan fingerprint density at radius 3 is 2.14 bits per heavy atom. The maximum Gasteiger partial charge on any atom is -0.0217 e. The van der Waals surface area contributed by atoms with Crippen LogP contribution in [0.5, 0.6) is 0 Å². The van der Waals surface area contributed by atoms with Gasteiger partial charge in [-0.25, -0.2) is 0 Å². The Morgan fingerprint density at radius 2 is 1.71 bits per heavy atom. The summed E-state index contributed by atoms with van der Waals surface area (Å²) in [7, 11) is 0. The van der Waals surface area contributed by atoms with E-state index in [1.165, 1.54) is 6.42 Å². The lowest BCUT2D eigenvalue weighted by molar-refractivity contribution is 0.613. The lowest BCUT2D eigenvalue weighted by Crippen LogP contribution is -2.13. The summed E-state index contributed by atoms with van der Waals surface area (Å²) in [5, 5.41) is 0. The lowest BCUT2D eigenvalue weighted by Gasteiger charge is -2.28. The van der Waals surface area contributed by atoms with Gasteiger partial charge < -0.3 is 0 Å². The van der Waals surface area contributed by atoms with E-state index >= 15 is 0 Å². The van der Waals surface area contributed by atoms with Crippen molar-refractivity contribution < 1.29 is 0 Å². The first-order valence-corrected chi connectivity index (χ1v) is 5.85. The van der Waals surface area contributed by atoms with Crippen molar-refractivity contribution in [2.75, 3.05) is 0 Å². The molecule has 0 fully saturated rings. The molecule has 0 radical (unpaired) electrons. The zero-order valence-corrected chi connectivity index (χ0v) is 10.5. The molecule has 0 aromatic heterocycles. The summed E-state index contributed by atoms with van der Waals surface area (Å²) in [5.74, 6) is 2.08. The van der Waals surface area contributed by atoms with Crippen molar-refractivity contribution in [2.24, 2.45) is 17.8 Å². The van der Waals surface area contributed by atoms with Gasteiger partial charge in [-0.2, -0.15) is 0 Å². The van der Waals surface area contributed by atoms with Gasteiger partial charge in [0.05, 0.1) is 0 Å². The fraction of sp³-hybridized carbons (Fsp3) is 0.714. The van der Waals surface area contributed by atoms with E-state index in [1.54, 1.807) is 16.7 Å². The second-order valence-electron chi connectivity index (χ2n) is 5.31. The van der Waals surface area contributed by atoms with Gasteiger partial charge in [0.15, 0.2) is 0 Å². The van der Waals surface area contributed by atoms with E-state index < -0.39 is 0 Å². The molecule has 1 atom stereocenters. The monoisotopic (exact) mass is 192 g/mol. The van der Waals surface area contributed by atoms with E-state index in [-0.39, 0.29) is 0 Å². The Hall–Kier alpha value is -0.520. The lowest BCUT2D eigenvalue weighted by atomic mass is 9.77. The second-order valence-corrected chi connectivity index (χ2v) is 5.31. The van der Waals surface area contributed by atoms with E-state index in [0.717, 1.165) is 5.92 Å². The molecule has 1 aliphatic carbocycles. The van der Waals surface area contributed by atoms with Gasteiger partial charge in [0.2, 0.25) is 0 Å². The number of rotatable bonds is 2. The third kappa shape index (κ3) is 2.29. The molecule has 1 rings (SSSR count). The van der Waals surface area contributed by atoms with Gasteiger partial charge >= 0.3 is 0 Å². The highest BCUT2D eigenvalue weighted by Gasteiger charge is 2.21. The van der Waals surface area contributed by atoms with Crippen LogP contribution in [0.4, 0.5) is 0 Å². The molecule has 0 nitrogen and oxygen atoms in total. The minimum atomic E-state index is 0.671. The van der Waals surface area contributed by atoms with Gasteiger partial charge in [-0.05, 0) is 42.2 Å². The molecule has 0 spiro atoms. The van der Waals surface area contributed by atoms with Crippen LogP contribution in [0.2, 0.25) is 0 Å². The maximum atomic E-state index is 2.48. The summed E-state index contributed by atoms with van der Waals surface area (Å²) in [6.07, 6.45) is 3.73. The summed E-state index contributed by atoms with van der Waals surface area (Å²) < 4.78 is 0. The quantitative estimate of drug-likeness (QED) is 0.600. The number of hydrogen-bond donors (Lipinski definition) is 0. The molecule has 0 aromatic carbocycles. The maximum absolute atomic E-state index is 2.48. The van der Waals surface area contributed by atoms with Crippen molar-refractivity contribution in [3.63, 3.8) is 0 Å². The Kier molecular flexibility index (Phi) is 3.58. The molecule has 14 heavy (non-hydrogen) atoms. The van der Waals surface area contributed by atoms with Crippen LogP contribution in [-0.2, 0) is 0 Å². The number of hydrogen-bond acceptors (Lipinski definition) is 0. The minimum absolute atomic E-state index is 0.671. The van der Waals surface area contributed by atoms with Crippen molar-refractivity contribution in [1.82, 2.24) is 0 Å². The van der Waals surface area contributed by atoms with Gasteiger partial charge in [-0.3, -0.25) is 0 Å². The Balaban J connectivity index is 3.08. The van der Waals surface area contributed by atoms with Crippen LogP contribution in [0, 0.1) is 17.8 Å². The summed E-state index contributed by atoms with van der Waals surface area (Å²) in [6.45, 7) is 13.9. The molecule has 0 saturated carbocycles. The molecular formula is C14H24. The van der Waals surface area contributed by atoms with Crippen molar-refractivity contribution in [3.05, 3.63) is 22.8 Å². The second kappa shape index (κ2) is 4.33. The molecule has 0 heterocycles. The highest BCUT2D eigenvalue weighted by Crippen LogP contribution is 2.36. The van der Waals surface area contributed by atoms with E-state index in [1.807, 2.05) is 0 Å². The fourth-order valence-electron chi connectivity index (χ4n) is 2.62. The normalized spacial score (nSPS) is 23.4. The summed E-state index contributed by atoms with van der Waals surface area (Å²) in [5.41, 5.74) is 4.83. The fourth-order valence-corrected chi connectivity index (χ4v) is 2.62. The molecule has 1 unspecified atom stereocenters. The van der Waals surface area contributed by atoms with Gasteiger partial charge in [0, 0.05) is 0 Å². The summed E-state index contributed by atoms with van der Waals surface area (Å²) in [4.78, 5) is 0. The van der Waals surface area contributed by atoms with E-state index in [2.05, 4.69) is 47.6 Å². The van der Waals surface area contributed by atoms with E-state index in [0.29, 0.717) is 11.8 Å². The standard InChI is InChI=1S/C14H24/c1-9(2)13-8-11(5)7-12(6)14(13)10(3)4/h8-11H,7H2,1-6H3. The average molecular weight is 192 g/mol. The topological polar surface area (TPSA) is 0 Å². The van der Waals surface area contributed by atoms with Gasteiger partial charge in [-0.15, -0.1) is 0 Å². The van der Waals surface area contributed by atoms with Gasteiger partial charge in [-0.1, -0.05) is 46.3 Å². The van der Waals surface area contributed by atoms with E-state index in [4.69, 9.17) is 0 Å². The molecule has 0 aliphatic heterocycles. The molecule has 0 saturated heterocycles. The van der Waals surface area contributed by atoms with Crippen LogP contribution in [0.25, 0.3) is 0 Å². The molecule has 0 N–H and O–H groups in total. The largest absolute Gasteiger partial charge is 0.0776 e. The van der Waals surface area contributed by atoms with Crippen molar-refractivity contribution in [1.29, 1.82) is 0 Å². The van der Waals surface area contributed by atoms with Gasteiger partial charge in [0.25, 0.3) is 0 Å². The van der Waals surface area contributed by atoms with Crippen molar-refractivity contribution in [3.8, 4) is 0 Å². The molecule has 0 heteroatoms. The van der Waals surface area contributed by atoms with Crippen LogP contribution >= 0.6 is 0 Å². The van der Waals surface area contributed by atoms with Crippen molar-refractivity contribution in [2.45, 2.75) is 48.0 Å². The van der Waals surface area contributed by atoms with Crippen LogP contribution in [0.1, 0.15) is 48.0 Å². The third-order valence-electron chi connectivity index (χ3n) is 3.06. The predicted octanol–water partition coefficient (Wildman–Crippen LogP) is 4.58.